The number of benzene rings is 2. The Morgan fingerprint density at radius 3 is 2.71 bits per heavy atom. The predicted octanol–water partition coefficient (Wildman–Crippen LogP) is 4.97. The number of carbonyl (C=O) groups is 1. The molecule has 2 aromatic carbocycles. The van der Waals surface area contributed by atoms with Crippen LogP contribution in [-0.4, -0.2) is 15.9 Å². The molecular weight excluding hydrogens is 373 g/mol. The highest BCUT2D eigenvalue weighted by atomic mass is 32.1. The topological polar surface area (TPSA) is 54.9 Å². The maximum absolute atomic E-state index is 13.3. The third-order valence-electron chi connectivity index (χ3n) is 4.29. The van der Waals surface area contributed by atoms with Crippen LogP contribution in [-0.2, 0) is 11.3 Å². The maximum Gasteiger partial charge on any atom is 0.243 e. The molecule has 0 aliphatic rings. The smallest absolute Gasteiger partial charge is 0.243 e. The van der Waals surface area contributed by atoms with Crippen molar-refractivity contribution in [2.45, 2.75) is 6.54 Å². The van der Waals surface area contributed by atoms with Crippen LogP contribution in [0.5, 0.6) is 0 Å². The van der Waals surface area contributed by atoms with Gasteiger partial charge in [-0.15, -0.1) is 11.3 Å². The minimum atomic E-state index is -0.293. The first-order valence-electron chi connectivity index (χ1n) is 8.65. The lowest BCUT2D eigenvalue weighted by Gasteiger charge is -2.10. The van der Waals surface area contributed by atoms with E-state index in [-0.39, 0.29) is 11.7 Å². The molecule has 2 aromatic heterocycles. The Hall–Kier alpha value is -3.38. The lowest BCUT2D eigenvalue weighted by molar-refractivity contribution is -0.116. The third kappa shape index (κ3) is 3.68. The van der Waals surface area contributed by atoms with Gasteiger partial charge in [0.1, 0.15) is 10.8 Å². The van der Waals surface area contributed by atoms with E-state index in [0.717, 1.165) is 31.9 Å². The van der Waals surface area contributed by atoms with E-state index in [0.29, 0.717) is 12.2 Å². The number of nitrogens with one attached hydrogen (secondary N) is 1. The highest BCUT2D eigenvalue weighted by Gasteiger charge is 2.14. The number of amides is 1. The molecule has 0 saturated heterocycles. The molecule has 0 unspecified atom stereocenters. The second kappa shape index (κ2) is 7.70. The van der Waals surface area contributed by atoms with Gasteiger partial charge in [0.25, 0.3) is 0 Å². The Kier molecular flexibility index (Phi) is 4.95. The summed E-state index contributed by atoms with van der Waals surface area (Å²) in [6.07, 6.45) is 2.96. The van der Waals surface area contributed by atoms with Crippen LogP contribution in [0.25, 0.3) is 32.0 Å². The average molecular weight is 389 g/mol. The summed E-state index contributed by atoms with van der Waals surface area (Å²) in [6.45, 7) is 3.79. The Bertz CT molecular complexity index is 1140. The fourth-order valence-corrected chi connectivity index (χ4v) is 3.86. The lowest BCUT2D eigenvalue weighted by Crippen LogP contribution is -2.20. The highest BCUT2D eigenvalue weighted by Crippen LogP contribution is 2.34. The number of rotatable bonds is 5. The number of hydrogen-bond acceptors (Lipinski definition) is 4. The predicted molar refractivity (Wildman–Crippen MR) is 110 cm³/mol. The molecule has 4 nitrogen and oxygen atoms in total. The summed E-state index contributed by atoms with van der Waals surface area (Å²) < 4.78 is 14.3. The summed E-state index contributed by atoms with van der Waals surface area (Å²) >= 11 is 1.58. The number of halogens is 1. The average Bonchev–Trinajstić information content (AvgIpc) is 3.16. The van der Waals surface area contributed by atoms with E-state index in [4.69, 9.17) is 4.98 Å². The van der Waals surface area contributed by atoms with Gasteiger partial charge in [-0.05, 0) is 54.1 Å². The van der Waals surface area contributed by atoms with Crippen molar-refractivity contribution in [3.8, 4) is 21.8 Å². The first kappa shape index (κ1) is 18.0. The summed E-state index contributed by atoms with van der Waals surface area (Å²) in [7, 11) is 0. The van der Waals surface area contributed by atoms with Gasteiger partial charge in [0, 0.05) is 23.9 Å². The van der Waals surface area contributed by atoms with E-state index in [9.17, 15) is 9.18 Å². The molecule has 138 valence electrons. The molecule has 0 aliphatic heterocycles. The number of thiazole rings is 1. The van der Waals surface area contributed by atoms with Crippen LogP contribution < -0.4 is 5.32 Å². The van der Waals surface area contributed by atoms with Crippen LogP contribution in [0.2, 0.25) is 0 Å². The molecular formula is C22H16FN3OS. The maximum atomic E-state index is 13.3. The Balaban J connectivity index is 1.80. The first-order valence-corrected chi connectivity index (χ1v) is 9.47. The lowest BCUT2D eigenvalue weighted by atomic mass is 10.1. The van der Waals surface area contributed by atoms with Crippen LogP contribution in [0, 0.1) is 5.82 Å². The largest absolute Gasteiger partial charge is 0.348 e. The van der Waals surface area contributed by atoms with E-state index < -0.39 is 0 Å². The number of aromatic nitrogens is 2. The zero-order valence-electron chi connectivity index (χ0n) is 14.9. The van der Waals surface area contributed by atoms with Crippen LogP contribution in [0.4, 0.5) is 4.39 Å². The summed E-state index contributed by atoms with van der Waals surface area (Å²) in [5, 5.41) is 3.63. The molecule has 0 fully saturated rings. The number of hydrogen-bond donors (Lipinski definition) is 1. The molecule has 4 rings (SSSR count). The van der Waals surface area contributed by atoms with E-state index >= 15 is 0 Å². The van der Waals surface area contributed by atoms with Gasteiger partial charge in [0.2, 0.25) is 5.91 Å². The molecule has 0 saturated carbocycles. The molecule has 0 radical (unpaired) electrons. The molecule has 2 heterocycles. The van der Waals surface area contributed by atoms with E-state index in [2.05, 4.69) is 16.9 Å². The zero-order chi connectivity index (χ0) is 19.5. The molecule has 6 heteroatoms. The monoisotopic (exact) mass is 389 g/mol. The summed E-state index contributed by atoms with van der Waals surface area (Å²) in [6, 6.07) is 16.1. The molecule has 1 N–H and O–H groups in total. The van der Waals surface area contributed by atoms with Crippen LogP contribution in [0.1, 0.15) is 5.56 Å². The van der Waals surface area contributed by atoms with Crippen LogP contribution in [0.3, 0.4) is 0 Å². The summed E-state index contributed by atoms with van der Waals surface area (Å²) in [5.41, 5.74) is 4.18. The normalized spacial score (nSPS) is 10.8. The second-order valence-corrected chi connectivity index (χ2v) is 7.17. The standard InChI is InChI=1S/C22H16FN3OS/c1-2-21(27)25-13-15-12-24-19(14-7-9-16(23)10-8-14)11-17(15)22-26-18-5-3-4-6-20(18)28-22/h2-12H,1,13H2,(H,25,27). The van der Waals surface area contributed by atoms with E-state index in [1.807, 2.05) is 30.3 Å². The number of carbonyl (C=O) groups excluding carboxylic acids is 1. The minimum absolute atomic E-state index is 0.252. The van der Waals surface area contributed by atoms with Crippen LogP contribution >= 0.6 is 11.3 Å². The van der Waals surface area contributed by atoms with Gasteiger partial charge in [0.05, 0.1) is 15.9 Å². The number of para-hydroxylation sites is 1. The molecule has 0 bridgehead atoms. The molecule has 0 spiro atoms. The number of nitrogens with zero attached hydrogens (tertiary/aromatic N) is 2. The van der Waals surface area contributed by atoms with Crippen molar-refractivity contribution in [1.29, 1.82) is 0 Å². The van der Waals surface area contributed by atoms with Crippen molar-refractivity contribution in [2.75, 3.05) is 0 Å². The van der Waals surface area contributed by atoms with Gasteiger partial charge in [-0.3, -0.25) is 9.78 Å². The Labute approximate surface area is 165 Å². The van der Waals surface area contributed by atoms with Gasteiger partial charge in [-0.25, -0.2) is 9.37 Å². The minimum Gasteiger partial charge on any atom is -0.348 e. The number of fused-ring (bicyclic) bond motifs is 1. The molecule has 1 amide bonds. The van der Waals surface area contributed by atoms with Crippen molar-refractivity contribution in [2.24, 2.45) is 0 Å². The van der Waals surface area contributed by atoms with Gasteiger partial charge >= 0.3 is 0 Å². The van der Waals surface area contributed by atoms with Crippen molar-refractivity contribution in [3.63, 3.8) is 0 Å². The molecule has 0 aliphatic carbocycles. The van der Waals surface area contributed by atoms with Gasteiger partial charge in [-0.1, -0.05) is 18.7 Å². The van der Waals surface area contributed by atoms with Gasteiger partial charge in [-0.2, -0.15) is 0 Å². The fourth-order valence-electron chi connectivity index (χ4n) is 2.84. The van der Waals surface area contributed by atoms with Crippen molar-refractivity contribution >= 4 is 27.5 Å². The highest BCUT2D eigenvalue weighted by molar-refractivity contribution is 7.21. The SMILES string of the molecule is C=CC(=O)NCc1cnc(-c2ccc(F)cc2)cc1-c1nc2ccccc2s1. The summed E-state index contributed by atoms with van der Waals surface area (Å²) in [4.78, 5) is 20.8. The van der Waals surface area contributed by atoms with Crippen LogP contribution in [0.15, 0.2) is 73.4 Å². The quantitative estimate of drug-likeness (QED) is 0.491. The first-order chi connectivity index (χ1) is 13.6. The number of pyridine rings is 1. The van der Waals surface area contributed by atoms with Gasteiger partial charge in [0.15, 0.2) is 0 Å². The second-order valence-electron chi connectivity index (χ2n) is 6.14. The van der Waals surface area contributed by atoms with E-state index in [1.54, 1.807) is 29.7 Å². The van der Waals surface area contributed by atoms with Crippen molar-refractivity contribution < 1.29 is 9.18 Å². The Morgan fingerprint density at radius 1 is 1.18 bits per heavy atom. The zero-order valence-corrected chi connectivity index (χ0v) is 15.7. The summed E-state index contributed by atoms with van der Waals surface area (Å²) in [5.74, 6) is -0.545. The third-order valence-corrected chi connectivity index (χ3v) is 5.36. The molecule has 28 heavy (non-hydrogen) atoms. The Morgan fingerprint density at radius 2 is 1.96 bits per heavy atom. The van der Waals surface area contributed by atoms with Crippen molar-refractivity contribution in [1.82, 2.24) is 15.3 Å². The van der Waals surface area contributed by atoms with E-state index in [1.165, 1.54) is 18.2 Å². The van der Waals surface area contributed by atoms with Crippen molar-refractivity contribution in [3.05, 3.63) is 84.8 Å². The molecule has 4 aromatic rings. The molecule has 0 atom stereocenters. The fraction of sp³-hybridized carbons (Fsp3) is 0.0455. The van der Waals surface area contributed by atoms with Gasteiger partial charge < -0.3 is 5.32 Å².